The zero-order valence-corrected chi connectivity index (χ0v) is 11.5. The van der Waals surface area contributed by atoms with Crippen molar-refractivity contribution in [3.05, 3.63) is 23.3 Å². The molecule has 2 rings (SSSR count). The number of ether oxygens (including phenoxy) is 2. The van der Waals surface area contributed by atoms with Gasteiger partial charge in [0.05, 0.1) is 19.8 Å². The van der Waals surface area contributed by atoms with Gasteiger partial charge in [0.1, 0.15) is 0 Å². The van der Waals surface area contributed by atoms with Crippen LogP contribution in [-0.2, 0) is 11.6 Å². The second-order valence-corrected chi connectivity index (χ2v) is 5.09. The summed E-state index contributed by atoms with van der Waals surface area (Å²) >= 11 is 0. The fourth-order valence-corrected chi connectivity index (χ4v) is 2.74. The molecular formula is C14H18F3NO2. The first-order valence-corrected chi connectivity index (χ1v) is 6.42. The Kier molecular flexibility index (Phi) is 3.86. The van der Waals surface area contributed by atoms with Crippen LogP contribution in [0.3, 0.4) is 0 Å². The molecule has 0 spiro atoms. The van der Waals surface area contributed by atoms with Crippen molar-refractivity contribution in [2.45, 2.75) is 30.9 Å². The maximum atomic E-state index is 13.3. The summed E-state index contributed by atoms with van der Waals surface area (Å²) in [6, 6.07) is 2.43. The molecule has 0 heterocycles. The topological polar surface area (TPSA) is 44.5 Å². The van der Waals surface area contributed by atoms with Gasteiger partial charge < -0.3 is 15.2 Å². The lowest BCUT2D eigenvalue weighted by Crippen LogP contribution is -2.43. The first kappa shape index (κ1) is 15.0. The van der Waals surface area contributed by atoms with E-state index in [0.29, 0.717) is 18.6 Å². The van der Waals surface area contributed by atoms with Crippen LogP contribution in [0.15, 0.2) is 12.1 Å². The SMILES string of the molecule is COc1cc(C(F)(F)F)c(C2(CN)CCC2)cc1OC. The summed E-state index contributed by atoms with van der Waals surface area (Å²) in [6.45, 7) is 0.200. The highest BCUT2D eigenvalue weighted by Crippen LogP contribution is 2.50. The first-order chi connectivity index (χ1) is 9.38. The number of hydrogen-bond acceptors (Lipinski definition) is 3. The van der Waals surface area contributed by atoms with Crippen LogP contribution < -0.4 is 15.2 Å². The van der Waals surface area contributed by atoms with Gasteiger partial charge in [-0.15, -0.1) is 0 Å². The monoisotopic (exact) mass is 289 g/mol. The van der Waals surface area contributed by atoms with Crippen molar-refractivity contribution in [2.24, 2.45) is 5.73 Å². The van der Waals surface area contributed by atoms with Crippen molar-refractivity contribution in [3.8, 4) is 11.5 Å². The van der Waals surface area contributed by atoms with Gasteiger partial charge in [0.15, 0.2) is 11.5 Å². The Bertz CT molecular complexity index is 490. The van der Waals surface area contributed by atoms with Gasteiger partial charge in [-0.3, -0.25) is 0 Å². The molecular weight excluding hydrogens is 271 g/mol. The minimum absolute atomic E-state index is 0.0788. The molecule has 0 saturated heterocycles. The van der Waals surface area contributed by atoms with E-state index in [9.17, 15) is 13.2 Å². The van der Waals surface area contributed by atoms with Crippen LogP contribution in [0.2, 0.25) is 0 Å². The van der Waals surface area contributed by atoms with Gasteiger partial charge in [0, 0.05) is 12.0 Å². The van der Waals surface area contributed by atoms with E-state index in [1.165, 1.54) is 20.3 Å². The number of rotatable bonds is 4. The largest absolute Gasteiger partial charge is 0.493 e. The summed E-state index contributed by atoms with van der Waals surface area (Å²) in [7, 11) is 2.73. The van der Waals surface area contributed by atoms with E-state index < -0.39 is 17.2 Å². The molecule has 0 atom stereocenters. The molecule has 1 aromatic rings. The number of nitrogens with two attached hydrogens (primary N) is 1. The predicted octanol–water partition coefficient (Wildman–Crippen LogP) is 3.10. The average molecular weight is 289 g/mol. The molecule has 1 saturated carbocycles. The molecule has 1 aromatic carbocycles. The average Bonchev–Trinajstić information content (AvgIpc) is 2.36. The van der Waals surface area contributed by atoms with E-state index in [0.717, 1.165) is 12.5 Å². The molecule has 2 N–H and O–H groups in total. The number of benzene rings is 1. The highest BCUT2D eigenvalue weighted by Gasteiger charge is 2.45. The standard InChI is InChI=1S/C14H18F3NO2/c1-19-11-6-9(13(8-18)4-3-5-13)10(14(15,16)17)7-12(11)20-2/h6-7H,3-5,8,18H2,1-2H3. The van der Waals surface area contributed by atoms with Crippen molar-refractivity contribution in [1.29, 1.82) is 0 Å². The molecule has 6 heteroatoms. The lowest BCUT2D eigenvalue weighted by molar-refractivity contribution is -0.139. The molecule has 0 unspecified atom stereocenters. The van der Waals surface area contributed by atoms with E-state index in [1.807, 2.05) is 0 Å². The molecule has 0 radical (unpaired) electrons. The van der Waals surface area contributed by atoms with Crippen molar-refractivity contribution >= 4 is 0 Å². The highest BCUT2D eigenvalue weighted by atomic mass is 19.4. The van der Waals surface area contributed by atoms with Crippen LogP contribution >= 0.6 is 0 Å². The Morgan fingerprint density at radius 3 is 2.05 bits per heavy atom. The molecule has 112 valence electrons. The fourth-order valence-electron chi connectivity index (χ4n) is 2.74. The Hall–Kier alpha value is -1.43. The van der Waals surface area contributed by atoms with Gasteiger partial charge in [-0.2, -0.15) is 13.2 Å². The normalized spacial score (nSPS) is 17.5. The smallest absolute Gasteiger partial charge is 0.416 e. The third-order valence-corrected chi connectivity index (χ3v) is 4.10. The maximum absolute atomic E-state index is 13.3. The van der Waals surface area contributed by atoms with Gasteiger partial charge in [0.25, 0.3) is 0 Å². The summed E-state index contributed by atoms with van der Waals surface area (Å²) in [6.07, 6.45) is -2.21. The molecule has 1 aliphatic carbocycles. The Morgan fingerprint density at radius 2 is 1.70 bits per heavy atom. The van der Waals surface area contributed by atoms with Crippen LogP contribution in [0.25, 0.3) is 0 Å². The molecule has 3 nitrogen and oxygen atoms in total. The second kappa shape index (κ2) is 5.16. The van der Waals surface area contributed by atoms with Crippen LogP contribution in [0.4, 0.5) is 13.2 Å². The van der Waals surface area contributed by atoms with Crippen molar-refractivity contribution < 1.29 is 22.6 Å². The minimum atomic E-state index is -4.44. The third kappa shape index (κ3) is 2.32. The maximum Gasteiger partial charge on any atom is 0.416 e. The highest BCUT2D eigenvalue weighted by molar-refractivity contribution is 5.52. The summed E-state index contributed by atoms with van der Waals surface area (Å²) < 4.78 is 50.0. The predicted molar refractivity (Wildman–Crippen MR) is 69.1 cm³/mol. The molecule has 0 amide bonds. The van der Waals surface area contributed by atoms with E-state index in [-0.39, 0.29) is 17.9 Å². The minimum Gasteiger partial charge on any atom is -0.493 e. The number of alkyl halides is 3. The Labute approximate surface area is 115 Å². The van der Waals surface area contributed by atoms with Gasteiger partial charge in [-0.1, -0.05) is 6.42 Å². The summed E-state index contributed by atoms with van der Waals surface area (Å²) in [5.74, 6) is 0.380. The molecule has 0 bridgehead atoms. The first-order valence-electron chi connectivity index (χ1n) is 6.42. The number of halogens is 3. The second-order valence-electron chi connectivity index (χ2n) is 5.09. The molecule has 1 aliphatic rings. The quantitative estimate of drug-likeness (QED) is 0.926. The lowest BCUT2D eigenvalue weighted by Gasteiger charge is -2.43. The zero-order valence-electron chi connectivity index (χ0n) is 11.5. The van der Waals surface area contributed by atoms with Crippen LogP contribution in [0.5, 0.6) is 11.5 Å². The van der Waals surface area contributed by atoms with Crippen molar-refractivity contribution in [2.75, 3.05) is 20.8 Å². The third-order valence-electron chi connectivity index (χ3n) is 4.10. The van der Waals surface area contributed by atoms with E-state index in [4.69, 9.17) is 15.2 Å². The summed E-state index contributed by atoms with van der Waals surface area (Å²) in [4.78, 5) is 0. The summed E-state index contributed by atoms with van der Waals surface area (Å²) in [5.41, 5.74) is 4.68. The molecule has 0 aromatic heterocycles. The molecule has 0 aliphatic heterocycles. The lowest BCUT2D eigenvalue weighted by atomic mass is 9.63. The van der Waals surface area contributed by atoms with Gasteiger partial charge in [-0.05, 0) is 30.5 Å². The zero-order chi connectivity index (χ0) is 15.0. The molecule has 20 heavy (non-hydrogen) atoms. The van der Waals surface area contributed by atoms with E-state index >= 15 is 0 Å². The number of methoxy groups -OCH3 is 2. The van der Waals surface area contributed by atoms with Crippen molar-refractivity contribution in [3.63, 3.8) is 0 Å². The van der Waals surface area contributed by atoms with Crippen LogP contribution in [0.1, 0.15) is 30.4 Å². The molecule has 1 fully saturated rings. The van der Waals surface area contributed by atoms with Gasteiger partial charge >= 0.3 is 6.18 Å². The Morgan fingerprint density at radius 1 is 1.15 bits per heavy atom. The van der Waals surface area contributed by atoms with Crippen LogP contribution in [-0.4, -0.2) is 20.8 Å². The van der Waals surface area contributed by atoms with Crippen LogP contribution in [0, 0.1) is 0 Å². The van der Waals surface area contributed by atoms with Gasteiger partial charge in [-0.25, -0.2) is 0 Å². The van der Waals surface area contributed by atoms with E-state index in [1.54, 1.807) is 0 Å². The van der Waals surface area contributed by atoms with E-state index in [2.05, 4.69) is 0 Å². The Balaban J connectivity index is 2.64. The fraction of sp³-hybridized carbons (Fsp3) is 0.571. The van der Waals surface area contributed by atoms with Gasteiger partial charge in [0.2, 0.25) is 0 Å². The summed E-state index contributed by atoms with van der Waals surface area (Å²) in [5, 5.41) is 0. The van der Waals surface area contributed by atoms with Crippen molar-refractivity contribution in [1.82, 2.24) is 0 Å². The number of hydrogen-bond donors (Lipinski definition) is 1.